The molecule has 1 heterocycles. The third kappa shape index (κ3) is 3.44. The van der Waals surface area contributed by atoms with Crippen LogP contribution >= 0.6 is 11.6 Å². The molecule has 136 valence electrons. The molecular weight excluding hydrogens is 367 g/mol. The Kier molecular flexibility index (Phi) is 5.29. The third-order valence-electron chi connectivity index (χ3n) is 4.42. The molecule has 0 aliphatic carbocycles. The predicted octanol–water partition coefficient (Wildman–Crippen LogP) is 4.55. The topological polar surface area (TPSA) is 62.1 Å². The second kappa shape index (κ2) is 7.65. The lowest BCUT2D eigenvalue weighted by Crippen LogP contribution is -2.28. The van der Waals surface area contributed by atoms with Crippen molar-refractivity contribution in [1.29, 1.82) is 5.26 Å². The van der Waals surface area contributed by atoms with Gasteiger partial charge in [-0.1, -0.05) is 48.0 Å². The van der Waals surface area contributed by atoms with E-state index in [1.54, 1.807) is 6.92 Å². The van der Waals surface area contributed by atoms with Crippen molar-refractivity contribution in [2.24, 2.45) is 0 Å². The quantitative estimate of drug-likeness (QED) is 0.791. The van der Waals surface area contributed by atoms with Crippen molar-refractivity contribution < 1.29 is 13.9 Å². The lowest BCUT2D eigenvalue weighted by molar-refractivity contribution is -0.136. The molecule has 0 aromatic heterocycles. The van der Waals surface area contributed by atoms with Gasteiger partial charge in [-0.3, -0.25) is 0 Å². The van der Waals surface area contributed by atoms with Crippen molar-refractivity contribution in [2.45, 2.75) is 12.8 Å². The first-order valence-corrected chi connectivity index (χ1v) is 8.56. The molecule has 3 rings (SSSR count). The summed E-state index contributed by atoms with van der Waals surface area (Å²) in [6, 6.07) is 15.4. The van der Waals surface area contributed by atoms with E-state index < -0.39 is 17.7 Å². The molecule has 0 saturated heterocycles. The fourth-order valence-corrected chi connectivity index (χ4v) is 3.48. The number of ether oxygens (including phenoxy) is 1. The lowest BCUT2D eigenvalue weighted by atomic mass is 9.79. The summed E-state index contributed by atoms with van der Waals surface area (Å²) in [5.41, 5.74) is 2.95. The van der Waals surface area contributed by atoms with Crippen LogP contribution in [0.5, 0.6) is 0 Å². The highest BCUT2D eigenvalue weighted by Gasteiger charge is 2.36. The molecule has 0 radical (unpaired) electrons. The van der Waals surface area contributed by atoms with Crippen molar-refractivity contribution in [3.63, 3.8) is 0 Å². The summed E-state index contributed by atoms with van der Waals surface area (Å²) in [4.78, 5) is 12.5. The number of nitrogens with one attached hydrogen (secondary N) is 1. The number of dihydropyridines is 1. The smallest absolute Gasteiger partial charge is 0.336 e. The van der Waals surface area contributed by atoms with Crippen LogP contribution in [-0.4, -0.2) is 13.1 Å². The number of halogens is 2. The van der Waals surface area contributed by atoms with Crippen LogP contribution < -0.4 is 5.32 Å². The lowest BCUT2D eigenvalue weighted by Gasteiger charge is -2.30. The van der Waals surface area contributed by atoms with E-state index in [4.69, 9.17) is 16.3 Å². The van der Waals surface area contributed by atoms with Gasteiger partial charge in [0.25, 0.3) is 0 Å². The molecule has 0 bridgehead atoms. The molecule has 2 aromatic rings. The second-order valence-electron chi connectivity index (χ2n) is 6.02. The van der Waals surface area contributed by atoms with Gasteiger partial charge in [-0.25, -0.2) is 9.18 Å². The highest BCUT2D eigenvalue weighted by molar-refractivity contribution is 6.31. The highest BCUT2D eigenvalue weighted by Crippen LogP contribution is 2.43. The van der Waals surface area contributed by atoms with Crippen LogP contribution in [0.4, 0.5) is 4.39 Å². The van der Waals surface area contributed by atoms with Gasteiger partial charge in [-0.05, 0) is 30.2 Å². The number of carbonyl (C=O) groups excluding carboxylic acids is 1. The molecule has 1 N–H and O–H groups in total. The molecule has 1 aliphatic heterocycles. The Morgan fingerprint density at radius 1 is 1.26 bits per heavy atom. The van der Waals surface area contributed by atoms with Crippen LogP contribution in [0.25, 0.3) is 5.70 Å². The van der Waals surface area contributed by atoms with Crippen molar-refractivity contribution in [3.05, 3.63) is 87.3 Å². The van der Waals surface area contributed by atoms with Gasteiger partial charge in [0.05, 0.1) is 35.9 Å². The number of esters is 1. The standard InChI is InChI=1S/C21H16ClFN2O2/c1-12-18(21(26)27-2)19(15-9-8-14(23)10-17(15)22)16(11-24)20(25-12)13-6-4-3-5-7-13/h3-10,19,25H,1-2H3. The summed E-state index contributed by atoms with van der Waals surface area (Å²) in [6.07, 6.45) is 0. The zero-order valence-corrected chi connectivity index (χ0v) is 15.5. The summed E-state index contributed by atoms with van der Waals surface area (Å²) in [7, 11) is 1.27. The number of nitrogens with zero attached hydrogens (tertiary/aromatic N) is 1. The van der Waals surface area contributed by atoms with E-state index in [-0.39, 0.29) is 10.6 Å². The summed E-state index contributed by atoms with van der Waals surface area (Å²) >= 11 is 6.27. The van der Waals surface area contributed by atoms with Gasteiger partial charge in [0.15, 0.2) is 0 Å². The number of carbonyl (C=O) groups is 1. The predicted molar refractivity (Wildman–Crippen MR) is 101 cm³/mol. The van der Waals surface area contributed by atoms with Crippen molar-refractivity contribution in [3.8, 4) is 6.07 Å². The van der Waals surface area contributed by atoms with Crippen LogP contribution in [-0.2, 0) is 9.53 Å². The maximum atomic E-state index is 13.6. The van der Waals surface area contributed by atoms with E-state index in [0.717, 1.165) is 5.56 Å². The summed E-state index contributed by atoms with van der Waals surface area (Å²) in [5.74, 6) is -1.85. The normalized spacial score (nSPS) is 16.6. The molecule has 0 saturated carbocycles. The van der Waals surface area contributed by atoms with Crippen molar-refractivity contribution in [2.75, 3.05) is 7.11 Å². The molecule has 0 amide bonds. The maximum absolute atomic E-state index is 13.6. The Morgan fingerprint density at radius 3 is 2.56 bits per heavy atom. The fraction of sp³-hybridized carbons (Fsp3) is 0.143. The Morgan fingerprint density at radius 2 is 1.96 bits per heavy atom. The number of hydrogen-bond donors (Lipinski definition) is 1. The number of allylic oxidation sites excluding steroid dienone is 2. The van der Waals surface area contributed by atoms with Crippen LogP contribution in [0.1, 0.15) is 24.0 Å². The Balaban J connectivity index is 2.29. The molecule has 0 spiro atoms. The molecule has 1 atom stereocenters. The first kappa shape index (κ1) is 18.7. The average Bonchev–Trinajstić information content (AvgIpc) is 2.67. The van der Waals surface area contributed by atoms with Crippen molar-refractivity contribution in [1.82, 2.24) is 5.32 Å². The van der Waals surface area contributed by atoms with Crippen LogP contribution in [0.15, 0.2) is 65.4 Å². The first-order valence-electron chi connectivity index (χ1n) is 8.18. The van der Waals surface area contributed by atoms with Crippen LogP contribution in [0.2, 0.25) is 5.02 Å². The molecule has 1 aliphatic rings. The summed E-state index contributed by atoms with van der Waals surface area (Å²) in [5, 5.41) is 13.2. The number of benzene rings is 2. The Hall–Kier alpha value is -3.10. The highest BCUT2D eigenvalue weighted by atomic mass is 35.5. The van der Waals surface area contributed by atoms with Crippen LogP contribution in [0.3, 0.4) is 0 Å². The molecule has 4 nitrogen and oxygen atoms in total. The number of nitriles is 1. The summed E-state index contributed by atoms with van der Waals surface area (Å²) in [6.45, 7) is 1.73. The minimum absolute atomic E-state index is 0.135. The molecule has 1 unspecified atom stereocenters. The SMILES string of the molecule is COC(=O)C1=C(C)NC(c2ccccc2)=C(C#N)C1c1ccc(F)cc1Cl. The number of hydrogen-bond acceptors (Lipinski definition) is 4. The van der Waals surface area contributed by atoms with E-state index in [9.17, 15) is 14.4 Å². The van der Waals surface area contributed by atoms with Gasteiger partial charge in [-0.15, -0.1) is 0 Å². The molecule has 6 heteroatoms. The van der Waals surface area contributed by atoms with Gasteiger partial charge in [0, 0.05) is 10.7 Å². The molecule has 0 fully saturated rings. The van der Waals surface area contributed by atoms with Crippen molar-refractivity contribution >= 4 is 23.3 Å². The maximum Gasteiger partial charge on any atom is 0.336 e. The molecule has 27 heavy (non-hydrogen) atoms. The monoisotopic (exact) mass is 382 g/mol. The zero-order valence-electron chi connectivity index (χ0n) is 14.7. The minimum atomic E-state index is -0.771. The summed E-state index contributed by atoms with van der Waals surface area (Å²) < 4.78 is 18.5. The average molecular weight is 383 g/mol. The van der Waals surface area contributed by atoms with Gasteiger partial charge >= 0.3 is 5.97 Å². The second-order valence-corrected chi connectivity index (χ2v) is 6.43. The van der Waals surface area contributed by atoms with E-state index in [2.05, 4.69) is 11.4 Å². The fourth-order valence-electron chi connectivity index (χ4n) is 3.21. The number of methoxy groups -OCH3 is 1. The van der Waals surface area contributed by atoms with Gasteiger partial charge in [0.2, 0.25) is 0 Å². The van der Waals surface area contributed by atoms with Gasteiger partial charge in [0.1, 0.15) is 5.82 Å². The van der Waals surface area contributed by atoms with E-state index in [1.807, 2.05) is 30.3 Å². The van der Waals surface area contributed by atoms with Crippen LogP contribution in [0, 0.1) is 17.1 Å². The minimum Gasteiger partial charge on any atom is -0.466 e. The van der Waals surface area contributed by atoms with E-state index >= 15 is 0 Å². The Labute approximate surface area is 161 Å². The zero-order chi connectivity index (χ0) is 19.6. The molecular formula is C21H16ClFN2O2. The number of rotatable bonds is 3. The van der Waals surface area contributed by atoms with E-state index in [1.165, 1.54) is 25.3 Å². The molecule has 2 aromatic carbocycles. The van der Waals surface area contributed by atoms with E-state index in [0.29, 0.717) is 22.5 Å². The Bertz CT molecular complexity index is 1010. The van der Waals surface area contributed by atoms with Gasteiger partial charge < -0.3 is 10.1 Å². The first-order chi connectivity index (χ1) is 13.0. The third-order valence-corrected chi connectivity index (χ3v) is 4.75. The van der Waals surface area contributed by atoms with Gasteiger partial charge in [-0.2, -0.15) is 5.26 Å². The largest absolute Gasteiger partial charge is 0.466 e.